The van der Waals surface area contributed by atoms with Crippen LogP contribution in [-0.2, 0) is 0 Å². The molecule has 0 spiro atoms. The summed E-state index contributed by atoms with van der Waals surface area (Å²) >= 11 is 0. The number of nitrogen functional groups attached to an aromatic ring is 1. The molecule has 0 aromatic carbocycles. The van der Waals surface area contributed by atoms with E-state index in [0.717, 1.165) is 0 Å². The Labute approximate surface area is 108 Å². The fraction of sp³-hybridized carbons (Fsp3) is 0.615. The van der Waals surface area contributed by atoms with Crippen molar-refractivity contribution in [1.29, 1.82) is 0 Å². The maximum atomic E-state index is 9.31. The number of nitrogens with zero attached hydrogens (tertiary/aromatic N) is 1. The molecule has 0 fully saturated rings. The quantitative estimate of drug-likeness (QED) is 0.722. The van der Waals surface area contributed by atoms with Crippen molar-refractivity contribution in [3.8, 4) is 5.88 Å². The van der Waals surface area contributed by atoms with Gasteiger partial charge in [-0.25, -0.2) is 0 Å². The summed E-state index contributed by atoms with van der Waals surface area (Å²) in [6, 6.07) is 3.71. The van der Waals surface area contributed by atoms with E-state index in [1.807, 2.05) is 20.8 Å². The molecule has 2 atom stereocenters. The van der Waals surface area contributed by atoms with Gasteiger partial charge in [-0.05, 0) is 46.2 Å². The van der Waals surface area contributed by atoms with Gasteiger partial charge < -0.3 is 20.9 Å². The molecule has 0 radical (unpaired) electrons. The Morgan fingerprint density at radius 3 is 2.56 bits per heavy atom. The molecule has 0 aliphatic carbocycles. The van der Waals surface area contributed by atoms with Gasteiger partial charge in [0.05, 0.1) is 17.9 Å². The van der Waals surface area contributed by atoms with E-state index < -0.39 is 0 Å². The first-order valence-electron chi connectivity index (χ1n) is 6.26. The third-order valence-electron chi connectivity index (χ3n) is 2.33. The maximum Gasteiger partial charge on any atom is 0.239 e. The normalized spacial score (nSPS) is 14.3. The van der Waals surface area contributed by atoms with Gasteiger partial charge in [-0.3, -0.25) is 0 Å². The molecule has 1 rings (SSSR count). The van der Waals surface area contributed by atoms with Crippen molar-refractivity contribution >= 4 is 11.5 Å². The summed E-state index contributed by atoms with van der Waals surface area (Å²) in [5, 5.41) is 12.5. The van der Waals surface area contributed by atoms with Crippen LogP contribution in [0.5, 0.6) is 5.88 Å². The summed E-state index contributed by atoms with van der Waals surface area (Å²) in [5.41, 5.74) is 6.32. The van der Waals surface area contributed by atoms with Crippen molar-refractivity contribution in [2.24, 2.45) is 0 Å². The number of anilines is 2. The number of nitrogens with two attached hydrogens (primary N) is 1. The van der Waals surface area contributed by atoms with E-state index in [1.54, 1.807) is 19.1 Å². The summed E-state index contributed by atoms with van der Waals surface area (Å²) in [6.07, 6.45) is 0.351. The molecule has 1 heterocycles. The lowest BCUT2D eigenvalue weighted by atomic mass is 10.1. The molecule has 0 amide bonds. The summed E-state index contributed by atoms with van der Waals surface area (Å²) < 4.78 is 5.52. The van der Waals surface area contributed by atoms with Crippen molar-refractivity contribution in [2.75, 3.05) is 11.1 Å². The smallest absolute Gasteiger partial charge is 0.239 e. The average molecular weight is 253 g/mol. The minimum absolute atomic E-state index is 0.0323. The topological polar surface area (TPSA) is 80.4 Å². The van der Waals surface area contributed by atoms with Crippen LogP contribution in [0.2, 0.25) is 0 Å². The lowest BCUT2D eigenvalue weighted by Gasteiger charge is -2.17. The van der Waals surface area contributed by atoms with Crippen LogP contribution in [0.15, 0.2) is 12.1 Å². The van der Waals surface area contributed by atoms with Gasteiger partial charge in [0.25, 0.3) is 0 Å². The van der Waals surface area contributed by atoms with Crippen LogP contribution in [0.25, 0.3) is 0 Å². The average Bonchev–Trinajstić information content (AvgIpc) is 2.21. The van der Waals surface area contributed by atoms with E-state index >= 15 is 0 Å². The van der Waals surface area contributed by atoms with Crippen LogP contribution in [0.3, 0.4) is 0 Å². The molecule has 0 saturated heterocycles. The largest absolute Gasteiger partial charge is 0.473 e. The molecule has 0 bridgehead atoms. The Balaban J connectivity index is 2.72. The number of aromatic nitrogens is 1. The van der Waals surface area contributed by atoms with Crippen LogP contribution in [0.4, 0.5) is 11.5 Å². The molecule has 1 aromatic rings. The molecule has 5 nitrogen and oxygen atoms in total. The number of nitrogens with one attached hydrogen (secondary N) is 1. The van der Waals surface area contributed by atoms with Crippen LogP contribution < -0.4 is 15.8 Å². The first kappa shape index (κ1) is 14.6. The van der Waals surface area contributed by atoms with Crippen molar-refractivity contribution in [1.82, 2.24) is 4.98 Å². The van der Waals surface area contributed by atoms with Gasteiger partial charge in [-0.1, -0.05) is 0 Å². The summed E-state index contributed by atoms with van der Waals surface area (Å²) in [6.45, 7) is 7.62. The standard InChI is InChI=1S/C13H23N3O2/c1-8(2)18-13-11(14)5-6-12(16-13)15-9(3)7-10(4)17/h5-6,8-10,17H,7,14H2,1-4H3,(H,15,16). The Kier molecular flexibility index (Phi) is 5.22. The maximum absolute atomic E-state index is 9.31. The third-order valence-corrected chi connectivity index (χ3v) is 2.33. The second-order valence-corrected chi connectivity index (χ2v) is 4.89. The molecule has 0 saturated carbocycles. The van der Waals surface area contributed by atoms with Crippen molar-refractivity contribution in [2.45, 2.75) is 52.4 Å². The Hall–Kier alpha value is -1.49. The highest BCUT2D eigenvalue weighted by atomic mass is 16.5. The molecule has 102 valence electrons. The second kappa shape index (κ2) is 6.44. The molecular formula is C13H23N3O2. The molecule has 18 heavy (non-hydrogen) atoms. The first-order valence-corrected chi connectivity index (χ1v) is 6.26. The fourth-order valence-electron chi connectivity index (χ4n) is 1.67. The fourth-order valence-corrected chi connectivity index (χ4v) is 1.67. The number of rotatable bonds is 6. The minimum atomic E-state index is -0.340. The van der Waals surface area contributed by atoms with E-state index in [1.165, 1.54) is 0 Å². The van der Waals surface area contributed by atoms with Gasteiger partial charge >= 0.3 is 0 Å². The van der Waals surface area contributed by atoms with Crippen LogP contribution >= 0.6 is 0 Å². The van der Waals surface area contributed by atoms with Crippen molar-refractivity contribution < 1.29 is 9.84 Å². The molecule has 5 heteroatoms. The lowest BCUT2D eigenvalue weighted by molar-refractivity contribution is 0.179. The number of aliphatic hydroxyl groups is 1. The van der Waals surface area contributed by atoms with Gasteiger partial charge in [-0.2, -0.15) is 4.98 Å². The Morgan fingerprint density at radius 2 is 2.00 bits per heavy atom. The molecule has 0 aliphatic rings. The number of pyridine rings is 1. The van der Waals surface area contributed by atoms with Gasteiger partial charge in [0.15, 0.2) is 0 Å². The Morgan fingerprint density at radius 1 is 1.33 bits per heavy atom. The third kappa shape index (κ3) is 4.79. The van der Waals surface area contributed by atoms with E-state index in [2.05, 4.69) is 10.3 Å². The predicted octanol–water partition coefficient (Wildman–Crippen LogP) is 2.02. The minimum Gasteiger partial charge on any atom is -0.473 e. The summed E-state index contributed by atoms with van der Waals surface area (Å²) in [7, 11) is 0. The monoisotopic (exact) mass is 253 g/mol. The van der Waals surface area contributed by atoms with Crippen LogP contribution in [-0.4, -0.2) is 28.3 Å². The molecule has 2 unspecified atom stereocenters. The summed E-state index contributed by atoms with van der Waals surface area (Å²) in [4.78, 5) is 4.32. The SMILES string of the molecule is CC(O)CC(C)Nc1ccc(N)c(OC(C)C)n1. The lowest BCUT2D eigenvalue weighted by Crippen LogP contribution is -2.21. The highest BCUT2D eigenvalue weighted by Gasteiger charge is 2.10. The second-order valence-electron chi connectivity index (χ2n) is 4.89. The number of hydrogen-bond acceptors (Lipinski definition) is 5. The van der Waals surface area contributed by atoms with Crippen molar-refractivity contribution in [3.63, 3.8) is 0 Å². The Bertz CT molecular complexity index is 380. The zero-order valence-corrected chi connectivity index (χ0v) is 11.5. The zero-order valence-electron chi connectivity index (χ0n) is 11.5. The highest BCUT2D eigenvalue weighted by molar-refractivity contribution is 5.53. The zero-order chi connectivity index (χ0) is 13.7. The molecular weight excluding hydrogens is 230 g/mol. The van der Waals surface area contributed by atoms with E-state index in [4.69, 9.17) is 10.5 Å². The van der Waals surface area contributed by atoms with Gasteiger partial charge in [0.2, 0.25) is 5.88 Å². The number of ether oxygens (including phenoxy) is 1. The molecule has 4 N–H and O–H groups in total. The summed E-state index contributed by atoms with van der Waals surface area (Å²) in [5.74, 6) is 1.15. The molecule has 1 aromatic heterocycles. The van der Waals surface area contributed by atoms with E-state index in [9.17, 15) is 5.11 Å². The van der Waals surface area contributed by atoms with E-state index in [0.29, 0.717) is 23.8 Å². The highest BCUT2D eigenvalue weighted by Crippen LogP contribution is 2.22. The van der Waals surface area contributed by atoms with Crippen LogP contribution in [0.1, 0.15) is 34.1 Å². The van der Waals surface area contributed by atoms with Gasteiger partial charge in [0, 0.05) is 6.04 Å². The van der Waals surface area contributed by atoms with Gasteiger partial charge in [-0.15, -0.1) is 0 Å². The first-order chi connectivity index (χ1) is 8.38. The van der Waals surface area contributed by atoms with Crippen LogP contribution in [0, 0.1) is 0 Å². The van der Waals surface area contributed by atoms with Gasteiger partial charge in [0.1, 0.15) is 5.82 Å². The van der Waals surface area contributed by atoms with E-state index in [-0.39, 0.29) is 18.2 Å². The molecule has 0 aliphatic heterocycles. The number of hydrogen-bond donors (Lipinski definition) is 3. The number of aliphatic hydroxyl groups excluding tert-OH is 1. The predicted molar refractivity (Wildman–Crippen MR) is 73.8 cm³/mol. The van der Waals surface area contributed by atoms with Crippen molar-refractivity contribution in [3.05, 3.63) is 12.1 Å².